The molecule has 0 atom stereocenters. The molecule has 2 aromatic heterocycles. The second kappa shape index (κ2) is 5.60. The van der Waals surface area contributed by atoms with E-state index in [4.69, 9.17) is 4.42 Å². The number of unbranched alkanes of at least 4 members (excludes halogenated alkanes) is 1. The van der Waals surface area contributed by atoms with Gasteiger partial charge in [-0.05, 0) is 30.0 Å². The molecule has 2 rings (SSSR count). The molecule has 0 aliphatic rings. The molecule has 0 saturated heterocycles. The molecule has 1 nitrogen and oxygen atoms in total. The maximum atomic E-state index is 5.93. The topological polar surface area (TPSA) is 13.1 Å². The SMILES string of the molecule is C=CCCCc1oc(SCC)c2ccsc12. The standard InChI is InChI=1S/C13H16OS2/c1-3-5-6-7-11-12-10(8-9-16-12)13(14-11)15-4-2/h3,8-9H,1,4-7H2,2H3. The summed E-state index contributed by atoms with van der Waals surface area (Å²) < 4.78 is 7.26. The summed E-state index contributed by atoms with van der Waals surface area (Å²) in [6.07, 6.45) is 5.17. The first-order chi connectivity index (χ1) is 7.86. The highest BCUT2D eigenvalue weighted by Gasteiger charge is 2.13. The van der Waals surface area contributed by atoms with Gasteiger partial charge in [0.1, 0.15) is 5.76 Å². The number of fused-ring (bicyclic) bond motifs is 1. The van der Waals surface area contributed by atoms with Crippen LogP contribution in [0.4, 0.5) is 0 Å². The highest BCUT2D eigenvalue weighted by atomic mass is 32.2. The summed E-state index contributed by atoms with van der Waals surface area (Å²) in [7, 11) is 0. The van der Waals surface area contributed by atoms with Crippen molar-refractivity contribution in [1.82, 2.24) is 0 Å². The van der Waals surface area contributed by atoms with Gasteiger partial charge in [-0.2, -0.15) is 0 Å². The van der Waals surface area contributed by atoms with Crippen LogP contribution in [0.2, 0.25) is 0 Å². The third-order valence-corrected chi connectivity index (χ3v) is 4.25. The lowest BCUT2D eigenvalue weighted by atomic mass is 10.2. The fourth-order valence-electron chi connectivity index (χ4n) is 1.71. The Labute approximate surface area is 105 Å². The molecule has 0 aromatic carbocycles. The van der Waals surface area contributed by atoms with Gasteiger partial charge in [-0.15, -0.1) is 17.9 Å². The number of hydrogen-bond acceptors (Lipinski definition) is 3. The fourth-order valence-corrected chi connectivity index (χ4v) is 3.42. The first kappa shape index (κ1) is 11.8. The minimum absolute atomic E-state index is 1.02. The van der Waals surface area contributed by atoms with Crippen molar-refractivity contribution < 1.29 is 4.42 Å². The van der Waals surface area contributed by atoms with Crippen LogP contribution in [0.1, 0.15) is 25.5 Å². The van der Waals surface area contributed by atoms with Crippen LogP contribution in [0, 0.1) is 0 Å². The van der Waals surface area contributed by atoms with Gasteiger partial charge in [0.2, 0.25) is 0 Å². The molecule has 0 bridgehead atoms. The first-order valence-corrected chi connectivity index (χ1v) is 7.46. The van der Waals surface area contributed by atoms with Crippen LogP contribution in [0.5, 0.6) is 0 Å². The monoisotopic (exact) mass is 252 g/mol. The van der Waals surface area contributed by atoms with Gasteiger partial charge in [0, 0.05) is 11.8 Å². The summed E-state index contributed by atoms with van der Waals surface area (Å²) in [4.78, 5) is 0. The van der Waals surface area contributed by atoms with Crippen molar-refractivity contribution >= 4 is 33.2 Å². The van der Waals surface area contributed by atoms with Gasteiger partial charge in [0.25, 0.3) is 0 Å². The molecule has 0 amide bonds. The molecule has 2 aromatic rings. The summed E-state index contributed by atoms with van der Waals surface area (Å²) in [6.45, 7) is 5.90. The first-order valence-electron chi connectivity index (χ1n) is 5.59. The lowest BCUT2D eigenvalue weighted by Crippen LogP contribution is -1.80. The van der Waals surface area contributed by atoms with E-state index < -0.39 is 0 Å². The molecule has 0 saturated carbocycles. The van der Waals surface area contributed by atoms with Crippen LogP contribution in [-0.2, 0) is 6.42 Å². The van der Waals surface area contributed by atoms with Crippen LogP contribution in [0.25, 0.3) is 10.1 Å². The summed E-state index contributed by atoms with van der Waals surface area (Å²) in [5.74, 6) is 2.22. The Bertz CT molecular complexity index is 467. The molecular weight excluding hydrogens is 236 g/mol. The van der Waals surface area contributed by atoms with Gasteiger partial charge in [-0.3, -0.25) is 0 Å². The van der Waals surface area contributed by atoms with E-state index in [1.807, 2.05) is 6.08 Å². The Morgan fingerprint density at radius 1 is 1.56 bits per heavy atom. The van der Waals surface area contributed by atoms with Gasteiger partial charge in [0.15, 0.2) is 5.09 Å². The van der Waals surface area contributed by atoms with E-state index in [9.17, 15) is 0 Å². The smallest absolute Gasteiger partial charge is 0.169 e. The molecule has 2 heterocycles. The zero-order valence-corrected chi connectivity index (χ0v) is 11.1. The van der Waals surface area contributed by atoms with Crippen LogP contribution < -0.4 is 0 Å². The maximum Gasteiger partial charge on any atom is 0.169 e. The van der Waals surface area contributed by atoms with E-state index in [2.05, 4.69) is 24.9 Å². The van der Waals surface area contributed by atoms with Crippen LogP contribution in [0.3, 0.4) is 0 Å². The van der Waals surface area contributed by atoms with Crippen LogP contribution in [-0.4, -0.2) is 5.75 Å². The van der Waals surface area contributed by atoms with Crippen LogP contribution >= 0.6 is 23.1 Å². The van der Waals surface area contributed by atoms with E-state index in [0.717, 1.165) is 35.9 Å². The molecule has 0 aliphatic carbocycles. The van der Waals surface area contributed by atoms with Crippen LogP contribution in [0.15, 0.2) is 33.6 Å². The average molecular weight is 252 g/mol. The van der Waals surface area contributed by atoms with E-state index in [0.29, 0.717) is 0 Å². The fraction of sp³-hybridized carbons (Fsp3) is 0.385. The minimum Gasteiger partial charge on any atom is -0.453 e. The Kier molecular flexibility index (Phi) is 4.13. The Balaban J connectivity index is 2.23. The van der Waals surface area contributed by atoms with E-state index in [-0.39, 0.29) is 0 Å². The predicted molar refractivity (Wildman–Crippen MR) is 73.6 cm³/mol. The molecule has 0 unspecified atom stereocenters. The molecule has 3 heteroatoms. The molecule has 0 N–H and O–H groups in total. The maximum absolute atomic E-state index is 5.93. The molecule has 0 radical (unpaired) electrons. The second-order valence-electron chi connectivity index (χ2n) is 3.59. The lowest BCUT2D eigenvalue weighted by Gasteiger charge is -1.95. The summed E-state index contributed by atoms with van der Waals surface area (Å²) in [5.41, 5.74) is 0. The Hall–Kier alpha value is -0.670. The normalized spacial score (nSPS) is 11.1. The predicted octanol–water partition coefficient (Wildman–Crippen LogP) is 5.12. The van der Waals surface area contributed by atoms with Crippen molar-refractivity contribution in [1.29, 1.82) is 0 Å². The number of allylic oxidation sites excluding steroid dienone is 1. The highest BCUT2D eigenvalue weighted by molar-refractivity contribution is 7.99. The largest absolute Gasteiger partial charge is 0.453 e. The number of aryl methyl sites for hydroxylation is 1. The molecular formula is C13H16OS2. The minimum atomic E-state index is 1.02. The van der Waals surface area contributed by atoms with Gasteiger partial charge in [0.05, 0.1) is 4.70 Å². The van der Waals surface area contributed by atoms with E-state index >= 15 is 0 Å². The zero-order valence-electron chi connectivity index (χ0n) is 9.49. The number of rotatable bonds is 6. The van der Waals surface area contributed by atoms with Crippen molar-refractivity contribution in [2.75, 3.05) is 5.75 Å². The van der Waals surface area contributed by atoms with Crippen molar-refractivity contribution in [3.8, 4) is 0 Å². The molecule has 86 valence electrons. The van der Waals surface area contributed by atoms with E-state index in [1.54, 1.807) is 23.1 Å². The third kappa shape index (κ3) is 2.36. The average Bonchev–Trinajstić information content (AvgIpc) is 2.84. The van der Waals surface area contributed by atoms with Crippen molar-refractivity contribution in [3.63, 3.8) is 0 Å². The molecule has 0 fully saturated rings. The Morgan fingerprint density at radius 3 is 3.19 bits per heavy atom. The van der Waals surface area contributed by atoms with Gasteiger partial charge in [-0.25, -0.2) is 0 Å². The number of thioether (sulfide) groups is 1. The number of furan rings is 1. The Morgan fingerprint density at radius 2 is 2.44 bits per heavy atom. The molecule has 16 heavy (non-hydrogen) atoms. The third-order valence-electron chi connectivity index (χ3n) is 2.44. The van der Waals surface area contributed by atoms with Crippen molar-refractivity contribution in [3.05, 3.63) is 29.9 Å². The quantitative estimate of drug-likeness (QED) is 0.402. The summed E-state index contributed by atoms with van der Waals surface area (Å²) in [6, 6.07) is 2.17. The van der Waals surface area contributed by atoms with Crippen molar-refractivity contribution in [2.45, 2.75) is 31.3 Å². The number of thiophene rings is 1. The highest BCUT2D eigenvalue weighted by Crippen LogP contribution is 2.37. The van der Waals surface area contributed by atoms with Gasteiger partial charge >= 0.3 is 0 Å². The molecule has 0 aliphatic heterocycles. The molecule has 0 spiro atoms. The summed E-state index contributed by atoms with van der Waals surface area (Å²) in [5, 5.41) is 4.54. The van der Waals surface area contributed by atoms with Gasteiger partial charge < -0.3 is 4.42 Å². The number of hydrogen-bond donors (Lipinski definition) is 0. The van der Waals surface area contributed by atoms with Gasteiger partial charge in [-0.1, -0.05) is 24.8 Å². The van der Waals surface area contributed by atoms with Crippen molar-refractivity contribution in [2.24, 2.45) is 0 Å². The second-order valence-corrected chi connectivity index (χ2v) is 5.74. The zero-order chi connectivity index (χ0) is 11.4. The van der Waals surface area contributed by atoms with E-state index in [1.165, 1.54) is 10.1 Å². The lowest BCUT2D eigenvalue weighted by molar-refractivity contribution is 0.435. The summed E-state index contributed by atoms with van der Waals surface area (Å²) >= 11 is 3.58.